The molecule has 2 aromatic rings. The lowest BCUT2D eigenvalue weighted by Crippen LogP contribution is -2.20. The van der Waals surface area contributed by atoms with Gasteiger partial charge in [0.2, 0.25) is 0 Å². The Morgan fingerprint density at radius 1 is 1.24 bits per heavy atom. The van der Waals surface area contributed by atoms with Crippen LogP contribution in [-0.2, 0) is 13.1 Å². The topological polar surface area (TPSA) is 42.7 Å². The first-order valence-corrected chi connectivity index (χ1v) is 5.95. The zero-order chi connectivity index (χ0) is 12.1. The third-order valence-corrected chi connectivity index (χ3v) is 2.90. The molecular formula is C13H18N4. The summed E-state index contributed by atoms with van der Waals surface area (Å²) in [6, 6.07) is 6.44. The van der Waals surface area contributed by atoms with Crippen molar-refractivity contribution in [3.05, 3.63) is 48.0 Å². The van der Waals surface area contributed by atoms with Crippen LogP contribution in [0.15, 0.2) is 36.8 Å². The number of aromatic nitrogens is 3. The first kappa shape index (κ1) is 11.8. The van der Waals surface area contributed by atoms with Gasteiger partial charge in [-0.25, -0.2) is 0 Å². The second-order valence-electron chi connectivity index (χ2n) is 4.02. The van der Waals surface area contributed by atoms with Crippen LogP contribution in [0.5, 0.6) is 0 Å². The molecule has 0 aliphatic rings. The van der Waals surface area contributed by atoms with Crippen molar-refractivity contribution < 1.29 is 0 Å². The average Bonchev–Trinajstić information content (AvgIpc) is 2.84. The lowest BCUT2D eigenvalue weighted by molar-refractivity contribution is 0.531. The highest BCUT2D eigenvalue weighted by atomic mass is 15.3. The number of hydrogen-bond acceptors (Lipinski definition) is 3. The van der Waals surface area contributed by atoms with Gasteiger partial charge in [0.15, 0.2) is 0 Å². The summed E-state index contributed by atoms with van der Waals surface area (Å²) in [7, 11) is 0. The molecule has 0 spiro atoms. The summed E-state index contributed by atoms with van der Waals surface area (Å²) in [4.78, 5) is 4.02. The van der Waals surface area contributed by atoms with Gasteiger partial charge in [-0.05, 0) is 37.6 Å². The smallest absolute Gasteiger partial charge is 0.0522 e. The van der Waals surface area contributed by atoms with E-state index in [0.29, 0.717) is 6.04 Å². The van der Waals surface area contributed by atoms with E-state index >= 15 is 0 Å². The van der Waals surface area contributed by atoms with E-state index in [4.69, 9.17) is 0 Å². The van der Waals surface area contributed by atoms with Crippen LogP contribution in [0.1, 0.15) is 31.1 Å². The Kier molecular flexibility index (Phi) is 3.88. The molecule has 2 rings (SSSR count). The molecule has 2 aromatic heterocycles. The van der Waals surface area contributed by atoms with Crippen LogP contribution in [0.4, 0.5) is 0 Å². The zero-order valence-electron chi connectivity index (χ0n) is 10.3. The Bertz CT molecular complexity index is 449. The summed E-state index contributed by atoms with van der Waals surface area (Å²) in [5, 5.41) is 7.74. The third-order valence-electron chi connectivity index (χ3n) is 2.90. The van der Waals surface area contributed by atoms with Gasteiger partial charge in [0, 0.05) is 37.7 Å². The van der Waals surface area contributed by atoms with E-state index in [1.807, 2.05) is 35.4 Å². The fraction of sp³-hybridized carbons (Fsp3) is 0.385. The molecule has 0 bridgehead atoms. The van der Waals surface area contributed by atoms with Crippen molar-refractivity contribution in [3.8, 4) is 0 Å². The van der Waals surface area contributed by atoms with Crippen LogP contribution in [0, 0.1) is 0 Å². The van der Waals surface area contributed by atoms with Crippen molar-refractivity contribution in [3.63, 3.8) is 0 Å². The lowest BCUT2D eigenvalue weighted by Gasteiger charge is -2.14. The van der Waals surface area contributed by atoms with Gasteiger partial charge in [-0.2, -0.15) is 5.10 Å². The van der Waals surface area contributed by atoms with Gasteiger partial charge in [-0.15, -0.1) is 0 Å². The minimum absolute atomic E-state index is 0.318. The molecule has 0 aliphatic heterocycles. The molecule has 0 radical (unpaired) electrons. The normalized spacial score (nSPS) is 12.6. The fourth-order valence-corrected chi connectivity index (χ4v) is 1.82. The van der Waals surface area contributed by atoms with Crippen molar-refractivity contribution >= 4 is 0 Å². The highest BCUT2D eigenvalue weighted by Crippen LogP contribution is 2.11. The molecule has 1 N–H and O–H groups in total. The molecule has 1 atom stereocenters. The van der Waals surface area contributed by atoms with Crippen LogP contribution < -0.4 is 5.32 Å². The van der Waals surface area contributed by atoms with Crippen molar-refractivity contribution in [2.45, 2.75) is 33.0 Å². The van der Waals surface area contributed by atoms with Crippen molar-refractivity contribution in [2.75, 3.05) is 0 Å². The van der Waals surface area contributed by atoms with E-state index in [1.165, 1.54) is 11.3 Å². The van der Waals surface area contributed by atoms with E-state index in [9.17, 15) is 0 Å². The predicted molar refractivity (Wildman–Crippen MR) is 67.4 cm³/mol. The summed E-state index contributed by atoms with van der Waals surface area (Å²) >= 11 is 0. The minimum atomic E-state index is 0.318. The largest absolute Gasteiger partial charge is 0.305 e. The molecule has 0 amide bonds. The van der Waals surface area contributed by atoms with Crippen LogP contribution >= 0.6 is 0 Å². The Hall–Kier alpha value is -1.68. The van der Waals surface area contributed by atoms with E-state index in [2.05, 4.69) is 35.3 Å². The molecule has 4 nitrogen and oxygen atoms in total. The van der Waals surface area contributed by atoms with Gasteiger partial charge in [0.25, 0.3) is 0 Å². The second-order valence-corrected chi connectivity index (χ2v) is 4.02. The molecular weight excluding hydrogens is 212 g/mol. The number of pyridine rings is 1. The van der Waals surface area contributed by atoms with Crippen molar-refractivity contribution in [2.24, 2.45) is 0 Å². The average molecular weight is 230 g/mol. The van der Waals surface area contributed by atoms with Crippen LogP contribution in [-0.4, -0.2) is 14.8 Å². The Morgan fingerprint density at radius 3 is 2.71 bits per heavy atom. The predicted octanol–water partition coefficient (Wildman–Crippen LogP) is 2.15. The summed E-state index contributed by atoms with van der Waals surface area (Å²) in [5.41, 5.74) is 2.47. The van der Waals surface area contributed by atoms with Gasteiger partial charge in [0.05, 0.1) is 5.69 Å². The SMILES string of the molecule is CCn1nccc1CN[C@@H](C)c1ccncc1. The van der Waals surface area contributed by atoms with E-state index in [0.717, 1.165) is 13.1 Å². The van der Waals surface area contributed by atoms with E-state index in [1.54, 1.807) is 0 Å². The van der Waals surface area contributed by atoms with Gasteiger partial charge in [-0.1, -0.05) is 0 Å². The summed E-state index contributed by atoms with van der Waals surface area (Å²) in [6.45, 7) is 6.00. The molecule has 0 saturated heterocycles. The molecule has 0 aromatic carbocycles. The molecule has 4 heteroatoms. The molecule has 2 heterocycles. The minimum Gasteiger partial charge on any atom is -0.305 e. The molecule has 90 valence electrons. The van der Waals surface area contributed by atoms with Gasteiger partial charge in [0.1, 0.15) is 0 Å². The lowest BCUT2D eigenvalue weighted by atomic mass is 10.1. The Labute approximate surface area is 102 Å². The van der Waals surface area contributed by atoms with Gasteiger partial charge < -0.3 is 5.32 Å². The number of nitrogens with one attached hydrogen (secondary N) is 1. The van der Waals surface area contributed by atoms with E-state index < -0.39 is 0 Å². The summed E-state index contributed by atoms with van der Waals surface area (Å²) in [6.07, 6.45) is 5.49. The Balaban J connectivity index is 1.95. The molecule has 0 saturated carbocycles. The van der Waals surface area contributed by atoms with Gasteiger partial charge >= 0.3 is 0 Å². The first-order chi connectivity index (χ1) is 8.31. The number of aryl methyl sites for hydroxylation is 1. The van der Waals surface area contributed by atoms with Crippen molar-refractivity contribution in [1.29, 1.82) is 0 Å². The summed E-state index contributed by atoms with van der Waals surface area (Å²) in [5.74, 6) is 0. The maximum atomic E-state index is 4.25. The highest BCUT2D eigenvalue weighted by Gasteiger charge is 2.06. The molecule has 0 fully saturated rings. The monoisotopic (exact) mass is 230 g/mol. The second kappa shape index (κ2) is 5.59. The maximum absolute atomic E-state index is 4.25. The first-order valence-electron chi connectivity index (χ1n) is 5.95. The molecule has 0 unspecified atom stereocenters. The molecule has 0 aliphatic carbocycles. The van der Waals surface area contributed by atoms with E-state index in [-0.39, 0.29) is 0 Å². The number of nitrogens with zero attached hydrogens (tertiary/aromatic N) is 3. The highest BCUT2D eigenvalue weighted by molar-refractivity contribution is 5.14. The fourth-order valence-electron chi connectivity index (χ4n) is 1.82. The zero-order valence-corrected chi connectivity index (χ0v) is 10.3. The van der Waals surface area contributed by atoms with Crippen molar-refractivity contribution in [1.82, 2.24) is 20.1 Å². The third kappa shape index (κ3) is 2.91. The Morgan fingerprint density at radius 2 is 2.00 bits per heavy atom. The van der Waals surface area contributed by atoms with Crippen LogP contribution in [0.2, 0.25) is 0 Å². The van der Waals surface area contributed by atoms with Crippen LogP contribution in [0.25, 0.3) is 0 Å². The standard InChI is InChI=1S/C13H18N4/c1-3-17-13(6-9-16-17)10-15-11(2)12-4-7-14-8-5-12/h4-9,11,15H,3,10H2,1-2H3/t11-/m0/s1. The number of rotatable bonds is 5. The summed E-state index contributed by atoms with van der Waals surface area (Å²) < 4.78 is 2.01. The van der Waals surface area contributed by atoms with Crippen LogP contribution in [0.3, 0.4) is 0 Å². The quantitative estimate of drug-likeness (QED) is 0.855. The molecule has 17 heavy (non-hydrogen) atoms. The maximum Gasteiger partial charge on any atom is 0.0522 e. The van der Waals surface area contributed by atoms with Gasteiger partial charge in [-0.3, -0.25) is 9.67 Å². The number of hydrogen-bond donors (Lipinski definition) is 1.